The summed E-state index contributed by atoms with van der Waals surface area (Å²) in [6.45, 7) is 1.56. The van der Waals surface area contributed by atoms with Crippen molar-refractivity contribution in [2.75, 3.05) is 25.4 Å². The number of hydrogen-bond acceptors (Lipinski definition) is 5. The Bertz CT molecular complexity index is 912. The number of likely N-dealkylation sites (tertiary alicyclic amines) is 1. The van der Waals surface area contributed by atoms with Crippen molar-refractivity contribution in [3.8, 4) is 11.3 Å². The van der Waals surface area contributed by atoms with Crippen LogP contribution in [0.5, 0.6) is 0 Å². The highest BCUT2D eigenvalue weighted by atomic mass is 19.4. The number of carbonyl (C=O) groups excluding carboxylic acids is 1. The van der Waals surface area contributed by atoms with Crippen molar-refractivity contribution in [3.63, 3.8) is 0 Å². The van der Waals surface area contributed by atoms with Gasteiger partial charge in [-0.15, -0.1) is 0 Å². The molecular formula is C16H17F3N6O2. The van der Waals surface area contributed by atoms with E-state index in [2.05, 4.69) is 10.1 Å². The molecule has 0 aliphatic carbocycles. The van der Waals surface area contributed by atoms with Gasteiger partial charge in [-0.3, -0.25) is 4.68 Å². The normalized spacial score (nSPS) is 22.3. The zero-order chi connectivity index (χ0) is 19.4. The number of hydrogen-bond donors (Lipinski definition) is 2. The molecule has 2 aromatic rings. The van der Waals surface area contributed by atoms with E-state index in [1.165, 1.54) is 11.1 Å². The predicted molar refractivity (Wildman–Crippen MR) is 88.3 cm³/mol. The summed E-state index contributed by atoms with van der Waals surface area (Å²) in [6, 6.07) is 2.08. The van der Waals surface area contributed by atoms with Gasteiger partial charge in [-0.25, -0.2) is 9.78 Å². The second-order valence-electron chi connectivity index (χ2n) is 6.65. The zero-order valence-electron chi connectivity index (χ0n) is 14.2. The van der Waals surface area contributed by atoms with E-state index in [9.17, 15) is 18.0 Å². The standard InChI is InChI=1S/C16H17F3N6O2/c17-16(18,19)10-5-9(7-22-13(10)20)11-6-12-15(27-4-3-25(12)23-11)1-2-24(8-15)14(21)26/h5-7H,1-4,8H2,(H2,20,22)(H2,21,26). The van der Waals surface area contributed by atoms with Crippen molar-refractivity contribution >= 4 is 11.8 Å². The number of nitrogen functional groups attached to an aromatic ring is 1. The minimum absolute atomic E-state index is 0.207. The van der Waals surface area contributed by atoms with Crippen LogP contribution in [0.1, 0.15) is 17.7 Å². The summed E-state index contributed by atoms with van der Waals surface area (Å²) in [4.78, 5) is 16.6. The number of nitrogens with two attached hydrogens (primary N) is 2. The summed E-state index contributed by atoms with van der Waals surface area (Å²) in [6.07, 6.45) is -2.81. The van der Waals surface area contributed by atoms with Gasteiger partial charge in [-0.05, 0) is 12.1 Å². The fourth-order valence-corrected chi connectivity index (χ4v) is 3.64. The Morgan fingerprint density at radius 1 is 1.30 bits per heavy atom. The van der Waals surface area contributed by atoms with Gasteiger partial charge in [0.2, 0.25) is 0 Å². The Balaban J connectivity index is 1.74. The van der Waals surface area contributed by atoms with Crippen molar-refractivity contribution in [2.45, 2.75) is 24.7 Å². The highest BCUT2D eigenvalue weighted by molar-refractivity contribution is 5.72. The summed E-state index contributed by atoms with van der Waals surface area (Å²) in [5.41, 5.74) is 10.2. The molecule has 1 saturated heterocycles. The number of alkyl halides is 3. The average molecular weight is 382 g/mol. The van der Waals surface area contributed by atoms with E-state index in [1.807, 2.05) is 0 Å². The third kappa shape index (κ3) is 2.87. The van der Waals surface area contributed by atoms with Gasteiger partial charge < -0.3 is 21.1 Å². The van der Waals surface area contributed by atoms with Crippen LogP contribution in [-0.4, -0.2) is 45.4 Å². The molecule has 8 nitrogen and oxygen atoms in total. The summed E-state index contributed by atoms with van der Waals surface area (Å²) in [5, 5.41) is 4.42. The van der Waals surface area contributed by atoms with Crippen LogP contribution in [0.2, 0.25) is 0 Å². The number of fused-ring (bicyclic) bond motifs is 2. The van der Waals surface area contributed by atoms with E-state index in [-0.39, 0.29) is 12.1 Å². The van der Waals surface area contributed by atoms with Crippen LogP contribution in [0.3, 0.4) is 0 Å². The maximum absolute atomic E-state index is 13.1. The summed E-state index contributed by atoms with van der Waals surface area (Å²) < 4.78 is 47.0. The van der Waals surface area contributed by atoms with Crippen molar-refractivity contribution in [1.82, 2.24) is 19.7 Å². The van der Waals surface area contributed by atoms with Crippen molar-refractivity contribution in [1.29, 1.82) is 0 Å². The Hall–Kier alpha value is -2.82. The molecule has 0 bridgehead atoms. The lowest BCUT2D eigenvalue weighted by Gasteiger charge is -2.33. The second kappa shape index (κ2) is 5.84. The number of amides is 2. The first-order chi connectivity index (χ1) is 12.7. The number of anilines is 1. The number of primary amides is 1. The second-order valence-corrected chi connectivity index (χ2v) is 6.65. The maximum Gasteiger partial charge on any atom is 0.419 e. The number of ether oxygens (including phenoxy) is 1. The van der Waals surface area contributed by atoms with E-state index < -0.39 is 29.2 Å². The first-order valence-electron chi connectivity index (χ1n) is 8.29. The van der Waals surface area contributed by atoms with Crippen molar-refractivity contribution in [2.24, 2.45) is 5.73 Å². The van der Waals surface area contributed by atoms with Crippen LogP contribution in [0.4, 0.5) is 23.8 Å². The molecule has 1 spiro atoms. The van der Waals surface area contributed by atoms with E-state index in [0.29, 0.717) is 37.5 Å². The van der Waals surface area contributed by atoms with Gasteiger partial charge in [0, 0.05) is 24.7 Å². The predicted octanol–water partition coefficient (Wildman–Crippen LogP) is 1.56. The molecule has 1 fully saturated rings. The van der Waals surface area contributed by atoms with E-state index in [0.717, 1.165) is 6.07 Å². The average Bonchev–Trinajstić information content (AvgIpc) is 3.20. The molecule has 2 amide bonds. The van der Waals surface area contributed by atoms with E-state index in [4.69, 9.17) is 16.2 Å². The summed E-state index contributed by atoms with van der Waals surface area (Å²) in [5.74, 6) is -0.581. The molecule has 4 heterocycles. The minimum Gasteiger partial charge on any atom is -0.383 e. The first kappa shape index (κ1) is 17.6. The van der Waals surface area contributed by atoms with Gasteiger partial charge in [-0.1, -0.05) is 0 Å². The van der Waals surface area contributed by atoms with Gasteiger partial charge in [0.1, 0.15) is 11.4 Å². The van der Waals surface area contributed by atoms with Gasteiger partial charge in [0.05, 0.1) is 36.6 Å². The molecule has 2 aliphatic heterocycles. The Morgan fingerprint density at radius 3 is 2.74 bits per heavy atom. The lowest BCUT2D eigenvalue weighted by molar-refractivity contribution is -0.137. The fraction of sp³-hybridized carbons (Fsp3) is 0.438. The summed E-state index contributed by atoms with van der Waals surface area (Å²) >= 11 is 0. The number of nitrogens with zero attached hydrogens (tertiary/aromatic N) is 4. The van der Waals surface area contributed by atoms with Gasteiger partial charge in [0.25, 0.3) is 0 Å². The quantitative estimate of drug-likeness (QED) is 0.777. The third-order valence-corrected chi connectivity index (χ3v) is 4.99. The molecule has 4 N–H and O–H groups in total. The molecule has 11 heteroatoms. The molecule has 4 rings (SSSR count). The molecule has 27 heavy (non-hydrogen) atoms. The topological polar surface area (TPSA) is 112 Å². The van der Waals surface area contributed by atoms with Crippen LogP contribution in [0, 0.1) is 0 Å². The molecule has 1 unspecified atom stereocenters. The number of rotatable bonds is 1. The smallest absolute Gasteiger partial charge is 0.383 e. The maximum atomic E-state index is 13.1. The van der Waals surface area contributed by atoms with Crippen LogP contribution in [0.15, 0.2) is 18.3 Å². The highest BCUT2D eigenvalue weighted by Gasteiger charge is 2.46. The molecule has 1 atom stereocenters. The van der Waals surface area contributed by atoms with Crippen molar-refractivity contribution in [3.05, 3.63) is 29.6 Å². The summed E-state index contributed by atoms with van der Waals surface area (Å²) in [7, 11) is 0. The SMILES string of the molecule is NC(=O)N1CCC2(C1)OCCn1nc(-c3cnc(N)c(C(F)(F)F)c3)cc12. The van der Waals surface area contributed by atoms with Crippen LogP contribution < -0.4 is 11.5 Å². The molecule has 0 aromatic carbocycles. The first-order valence-corrected chi connectivity index (χ1v) is 8.29. The fourth-order valence-electron chi connectivity index (χ4n) is 3.64. The molecule has 2 aliphatic rings. The monoisotopic (exact) mass is 382 g/mol. The Labute approximate surface area is 151 Å². The Kier molecular flexibility index (Phi) is 3.81. The largest absolute Gasteiger partial charge is 0.419 e. The molecule has 144 valence electrons. The molecule has 2 aromatic heterocycles. The van der Waals surface area contributed by atoms with Crippen LogP contribution in [0.25, 0.3) is 11.3 Å². The van der Waals surface area contributed by atoms with Crippen LogP contribution >= 0.6 is 0 Å². The number of halogens is 3. The lowest BCUT2D eigenvalue weighted by atomic mass is 9.96. The minimum atomic E-state index is -4.61. The van der Waals surface area contributed by atoms with Gasteiger partial charge in [0.15, 0.2) is 0 Å². The molecule has 0 radical (unpaired) electrons. The van der Waals surface area contributed by atoms with Crippen LogP contribution in [-0.2, 0) is 23.1 Å². The number of urea groups is 1. The lowest BCUT2D eigenvalue weighted by Crippen LogP contribution is -2.43. The Morgan fingerprint density at radius 2 is 2.07 bits per heavy atom. The zero-order valence-corrected chi connectivity index (χ0v) is 14.2. The number of aromatic nitrogens is 3. The molecule has 0 saturated carbocycles. The third-order valence-electron chi connectivity index (χ3n) is 4.99. The highest BCUT2D eigenvalue weighted by Crippen LogP contribution is 2.40. The van der Waals surface area contributed by atoms with Gasteiger partial charge >= 0.3 is 12.2 Å². The van der Waals surface area contributed by atoms with Gasteiger partial charge in [-0.2, -0.15) is 18.3 Å². The van der Waals surface area contributed by atoms with E-state index >= 15 is 0 Å². The molecular weight excluding hydrogens is 365 g/mol. The number of pyridine rings is 1. The van der Waals surface area contributed by atoms with E-state index in [1.54, 1.807) is 10.7 Å². The number of carbonyl (C=O) groups is 1. The van der Waals surface area contributed by atoms with Crippen molar-refractivity contribution < 1.29 is 22.7 Å².